The highest BCUT2D eigenvalue weighted by atomic mass is 16.5. The molecule has 0 bridgehead atoms. The highest BCUT2D eigenvalue weighted by Crippen LogP contribution is 2.25. The van der Waals surface area contributed by atoms with E-state index in [1.165, 1.54) is 31.3 Å². The highest BCUT2D eigenvalue weighted by Gasteiger charge is 2.08. The lowest BCUT2D eigenvalue weighted by atomic mass is 9.97. The Kier molecular flexibility index (Phi) is 6.46. The predicted molar refractivity (Wildman–Crippen MR) is 90.4 cm³/mol. The number of ether oxygens (including phenoxy) is 1. The lowest BCUT2D eigenvalue weighted by Crippen LogP contribution is -2.29. The summed E-state index contributed by atoms with van der Waals surface area (Å²) < 4.78 is 5.26. The second-order valence-corrected chi connectivity index (χ2v) is 5.79. The minimum absolute atomic E-state index is 0.0403. The number of carbonyl (C=O) groups excluding carboxylic acids is 1. The van der Waals surface area contributed by atoms with Crippen molar-refractivity contribution in [3.05, 3.63) is 35.4 Å². The molecule has 1 aromatic carbocycles. The van der Waals surface area contributed by atoms with Crippen molar-refractivity contribution < 1.29 is 9.53 Å². The van der Waals surface area contributed by atoms with Crippen LogP contribution in [0.3, 0.4) is 0 Å². The largest absolute Gasteiger partial charge is 0.495 e. The molecule has 0 heterocycles. The van der Waals surface area contributed by atoms with E-state index >= 15 is 0 Å². The average Bonchev–Trinajstić information content (AvgIpc) is 2.53. The molecule has 0 unspecified atom stereocenters. The van der Waals surface area contributed by atoms with E-state index in [1.807, 2.05) is 25.1 Å². The van der Waals surface area contributed by atoms with Gasteiger partial charge in [-0.15, -0.1) is 0 Å². The van der Waals surface area contributed by atoms with Gasteiger partial charge in [0.05, 0.1) is 19.3 Å². The number of anilines is 1. The minimum Gasteiger partial charge on any atom is -0.495 e. The van der Waals surface area contributed by atoms with Crippen molar-refractivity contribution in [2.45, 2.75) is 39.0 Å². The van der Waals surface area contributed by atoms with Crippen molar-refractivity contribution in [1.29, 1.82) is 0 Å². The molecule has 22 heavy (non-hydrogen) atoms. The topological polar surface area (TPSA) is 50.4 Å². The van der Waals surface area contributed by atoms with Gasteiger partial charge in [-0.05, 0) is 63.3 Å². The van der Waals surface area contributed by atoms with Gasteiger partial charge in [-0.25, -0.2) is 0 Å². The van der Waals surface area contributed by atoms with E-state index in [0.717, 1.165) is 24.2 Å². The number of benzene rings is 1. The maximum atomic E-state index is 12.0. The molecule has 0 radical (unpaired) electrons. The summed E-state index contributed by atoms with van der Waals surface area (Å²) >= 11 is 0. The molecule has 0 saturated heterocycles. The fourth-order valence-electron chi connectivity index (χ4n) is 2.70. The van der Waals surface area contributed by atoms with Crippen LogP contribution in [-0.2, 0) is 4.79 Å². The minimum atomic E-state index is -0.0403. The van der Waals surface area contributed by atoms with Crippen molar-refractivity contribution in [2.24, 2.45) is 0 Å². The molecule has 4 nitrogen and oxygen atoms in total. The molecule has 0 saturated carbocycles. The van der Waals surface area contributed by atoms with Crippen LogP contribution in [0.15, 0.2) is 29.8 Å². The Labute approximate surface area is 132 Å². The van der Waals surface area contributed by atoms with E-state index < -0.39 is 0 Å². The third-order valence-electron chi connectivity index (χ3n) is 3.92. The Bertz CT molecular complexity index is 538. The number of methoxy groups -OCH3 is 1. The standard InChI is InChI=1S/C18H26N2O2/c1-14-8-9-17(22-2)16(12-14)20-18(21)13-19-11-10-15-6-4-3-5-7-15/h6,8-9,12,19H,3-5,7,10-11,13H2,1-2H3,(H,20,21). The normalized spacial score (nSPS) is 14.4. The Morgan fingerprint density at radius 1 is 1.32 bits per heavy atom. The van der Waals surface area contributed by atoms with Gasteiger partial charge in [0.15, 0.2) is 0 Å². The summed E-state index contributed by atoms with van der Waals surface area (Å²) in [6.07, 6.45) is 8.44. The lowest BCUT2D eigenvalue weighted by molar-refractivity contribution is -0.115. The van der Waals surface area contributed by atoms with Crippen molar-refractivity contribution in [1.82, 2.24) is 5.32 Å². The van der Waals surface area contributed by atoms with Crippen LogP contribution in [0, 0.1) is 6.92 Å². The van der Waals surface area contributed by atoms with Crippen molar-refractivity contribution in [3.63, 3.8) is 0 Å². The third kappa shape index (κ3) is 5.19. The first kappa shape index (κ1) is 16.6. The van der Waals surface area contributed by atoms with Crippen LogP contribution in [0.25, 0.3) is 0 Å². The van der Waals surface area contributed by atoms with Crippen LogP contribution in [0.2, 0.25) is 0 Å². The van der Waals surface area contributed by atoms with Gasteiger partial charge in [0, 0.05) is 0 Å². The summed E-state index contributed by atoms with van der Waals surface area (Å²) in [5.74, 6) is 0.646. The summed E-state index contributed by atoms with van der Waals surface area (Å²) in [7, 11) is 1.61. The monoisotopic (exact) mass is 302 g/mol. The summed E-state index contributed by atoms with van der Waals surface area (Å²) in [5, 5.41) is 6.11. The van der Waals surface area contributed by atoms with E-state index in [0.29, 0.717) is 12.3 Å². The smallest absolute Gasteiger partial charge is 0.238 e. The van der Waals surface area contributed by atoms with Crippen molar-refractivity contribution in [3.8, 4) is 5.75 Å². The summed E-state index contributed by atoms with van der Waals surface area (Å²) in [6, 6.07) is 5.75. The van der Waals surface area contributed by atoms with Crippen LogP contribution < -0.4 is 15.4 Å². The van der Waals surface area contributed by atoms with Crippen molar-refractivity contribution >= 4 is 11.6 Å². The average molecular weight is 302 g/mol. The van der Waals surface area contributed by atoms with E-state index in [2.05, 4.69) is 16.7 Å². The molecule has 0 aliphatic heterocycles. The zero-order valence-corrected chi connectivity index (χ0v) is 13.6. The number of carbonyl (C=O) groups is 1. The zero-order valence-electron chi connectivity index (χ0n) is 13.6. The fraction of sp³-hybridized carbons (Fsp3) is 0.500. The second kappa shape index (κ2) is 8.59. The Balaban J connectivity index is 1.73. The first-order valence-electron chi connectivity index (χ1n) is 8.02. The Morgan fingerprint density at radius 3 is 2.91 bits per heavy atom. The first-order valence-corrected chi connectivity index (χ1v) is 8.02. The maximum Gasteiger partial charge on any atom is 0.238 e. The molecular formula is C18H26N2O2. The van der Waals surface area contributed by atoms with Gasteiger partial charge in [-0.3, -0.25) is 4.79 Å². The van der Waals surface area contributed by atoms with E-state index in [9.17, 15) is 4.79 Å². The number of aryl methyl sites for hydroxylation is 1. The van der Waals surface area contributed by atoms with Gasteiger partial charge < -0.3 is 15.4 Å². The van der Waals surface area contributed by atoms with E-state index in [-0.39, 0.29) is 5.91 Å². The van der Waals surface area contributed by atoms with E-state index in [4.69, 9.17) is 4.74 Å². The molecule has 2 N–H and O–H groups in total. The van der Waals surface area contributed by atoms with Crippen LogP contribution in [0.5, 0.6) is 5.75 Å². The highest BCUT2D eigenvalue weighted by molar-refractivity contribution is 5.93. The molecule has 0 fully saturated rings. The fourth-order valence-corrected chi connectivity index (χ4v) is 2.70. The second-order valence-electron chi connectivity index (χ2n) is 5.79. The van der Waals surface area contributed by atoms with Gasteiger partial charge in [-0.2, -0.15) is 0 Å². The molecule has 120 valence electrons. The predicted octanol–water partition coefficient (Wildman–Crippen LogP) is 3.42. The van der Waals surface area contributed by atoms with Crippen LogP contribution in [-0.4, -0.2) is 26.1 Å². The maximum absolute atomic E-state index is 12.0. The van der Waals surface area contributed by atoms with Gasteiger partial charge in [0.25, 0.3) is 0 Å². The number of rotatable bonds is 7. The zero-order chi connectivity index (χ0) is 15.8. The van der Waals surface area contributed by atoms with Crippen LogP contribution >= 0.6 is 0 Å². The first-order chi connectivity index (χ1) is 10.7. The molecule has 1 aromatic rings. The van der Waals surface area contributed by atoms with Crippen LogP contribution in [0.1, 0.15) is 37.7 Å². The molecule has 0 spiro atoms. The summed E-state index contributed by atoms with van der Waals surface area (Å²) in [6.45, 7) is 3.17. The molecule has 0 atom stereocenters. The Hall–Kier alpha value is -1.81. The van der Waals surface area contributed by atoms with Crippen molar-refractivity contribution in [2.75, 3.05) is 25.5 Å². The van der Waals surface area contributed by atoms with Gasteiger partial charge in [0.2, 0.25) is 5.91 Å². The molecule has 1 amide bonds. The van der Waals surface area contributed by atoms with Gasteiger partial charge in [-0.1, -0.05) is 17.7 Å². The lowest BCUT2D eigenvalue weighted by Gasteiger charge is -2.13. The Morgan fingerprint density at radius 2 is 2.18 bits per heavy atom. The molecule has 0 aromatic heterocycles. The quantitative estimate of drug-likeness (QED) is 0.599. The molecular weight excluding hydrogens is 276 g/mol. The molecule has 4 heteroatoms. The third-order valence-corrected chi connectivity index (χ3v) is 3.92. The number of allylic oxidation sites excluding steroid dienone is 1. The number of hydrogen-bond acceptors (Lipinski definition) is 3. The summed E-state index contributed by atoms with van der Waals surface area (Å²) in [4.78, 5) is 12.0. The number of nitrogens with one attached hydrogen (secondary N) is 2. The number of amides is 1. The SMILES string of the molecule is COc1ccc(C)cc1NC(=O)CNCCC1=CCCCC1. The van der Waals surface area contributed by atoms with Crippen LogP contribution in [0.4, 0.5) is 5.69 Å². The van der Waals surface area contributed by atoms with E-state index in [1.54, 1.807) is 7.11 Å². The molecule has 2 rings (SSSR count). The summed E-state index contributed by atoms with van der Waals surface area (Å²) in [5.41, 5.74) is 3.34. The van der Waals surface area contributed by atoms with Gasteiger partial charge >= 0.3 is 0 Å². The molecule has 1 aliphatic carbocycles. The molecule has 1 aliphatic rings. The van der Waals surface area contributed by atoms with Gasteiger partial charge in [0.1, 0.15) is 5.75 Å². The number of hydrogen-bond donors (Lipinski definition) is 2.